The number of methoxy groups -OCH3 is 2. The number of nitrogens with one attached hydrogen (secondary N) is 1. The fourth-order valence-electron chi connectivity index (χ4n) is 2.04. The molecule has 4 nitrogen and oxygen atoms in total. The number of amides is 1. The van der Waals surface area contributed by atoms with Gasteiger partial charge in [-0.2, -0.15) is 0 Å². The zero-order valence-corrected chi connectivity index (χ0v) is 13.0. The Morgan fingerprint density at radius 2 is 2.10 bits per heavy atom. The van der Waals surface area contributed by atoms with E-state index in [0.29, 0.717) is 12.3 Å². The van der Waals surface area contributed by atoms with E-state index in [4.69, 9.17) is 9.47 Å². The van der Waals surface area contributed by atoms with Crippen LogP contribution in [0.3, 0.4) is 0 Å². The van der Waals surface area contributed by atoms with Gasteiger partial charge >= 0.3 is 0 Å². The van der Waals surface area contributed by atoms with Crippen LogP contribution >= 0.6 is 11.3 Å². The lowest BCUT2D eigenvalue weighted by Gasteiger charge is -2.10. The van der Waals surface area contributed by atoms with Crippen LogP contribution in [0.15, 0.2) is 35.7 Å². The van der Waals surface area contributed by atoms with Gasteiger partial charge in [0, 0.05) is 17.0 Å². The summed E-state index contributed by atoms with van der Waals surface area (Å²) < 4.78 is 10.5. The van der Waals surface area contributed by atoms with E-state index in [0.717, 1.165) is 17.7 Å². The summed E-state index contributed by atoms with van der Waals surface area (Å²) in [5.74, 6) is 1.40. The Morgan fingerprint density at radius 1 is 1.24 bits per heavy atom. The van der Waals surface area contributed by atoms with Crippen LogP contribution < -0.4 is 14.8 Å². The molecule has 0 bridgehead atoms. The summed E-state index contributed by atoms with van der Waals surface area (Å²) in [7, 11) is 3.20. The van der Waals surface area contributed by atoms with Crippen LogP contribution in [-0.4, -0.2) is 26.7 Å². The van der Waals surface area contributed by atoms with Gasteiger partial charge in [0.1, 0.15) is 11.5 Å². The maximum absolute atomic E-state index is 12.0. The highest BCUT2D eigenvalue weighted by molar-refractivity contribution is 7.09. The van der Waals surface area contributed by atoms with Gasteiger partial charge < -0.3 is 14.8 Å². The Labute approximate surface area is 128 Å². The molecule has 1 aromatic carbocycles. The maximum atomic E-state index is 12.0. The van der Waals surface area contributed by atoms with Crippen molar-refractivity contribution in [3.63, 3.8) is 0 Å². The van der Waals surface area contributed by atoms with Crippen LogP contribution in [0.25, 0.3) is 0 Å². The summed E-state index contributed by atoms with van der Waals surface area (Å²) in [6, 6.07) is 9.55. The lowest BCUT2D eigenvalue weighted by Crippen LogP contribution is -2.27. The molecular formula is C16H19NO3S. The van der Waals surface area contributed by atoms with Gasteiger partial charge in [0.15, 0.2) is 0 Å². The topological polar surface area (TPSA) is 47.6 Å². The van der Waals surface area contributed by atoms with Crippen LogP contribution in [0.1, 0.15) is 10.4 Å². The zero-order chi connectivity index (χ0) is 15.1. The highest BCUT2D eigenvalue weighted by Gasteiger charge is 2.10. The Kier molecular flexibility index (Phi) is 5.63. The molecule has 21 heavy (non-hydrogen) atoms. The molecule has 1 amide bonds. The van der Waals surface area contributed by atoms with Crippen molar-refractivity contribution in [1.82, 2.24) is 5.32 Å². The summed E-state index contributed by atoms with van der Waals surface area (Å²) in [5, 5.41) is 4.97. The smallest absolute Gasteiger partial charge is 0.224 e. The van der Waals surface area contributed by atoms with Crippen molar-refractivity contribution in [2.75, 3.05) is 20.8 Å². The zero-order valence-electron chi connectivity index (χ0n) is 12.2. The SMILES string of the molecule is COc1ccc(OC)c(CC(=O)NCCc2cccs2)c1. The van der Waals surface area contributed by atoms with Crippen LogP contribution in [0, 0.1) is 0 Å². The quantitative estimate of drug-likeness (QED) is 0.855. The second-order valence-corrected chi connectivity index (χ2v) is 5.57. The van der Waals surface area contributed by atoms with Crippen molar-refractivity contribution < 1.29 is 14.3 Å². The fourth-order valence-corrected chi connectivity index (χ4v) is 2.74. The Bertz CT molecular complexity index is 581. The van der Waals surface area contributed by atoms with Crippen LogP contribution in [0.2, 0.25) is 0 Å². The van der Waals surface area contributed by atoms with E-state index in [1.807, 2.05) is 29.6 Å². The van der Waals surface area contributed by atoms with E-state index >= 15 is 0 Å². The molecule has 1 aromatic heterocycles. The molecule has 0 saturated heterocycles. The third kappa shape index (κ3) is 4.49. The standard InChI is InChI=1S/C16H19NO3S/c1-19-13-5-6-15(20-2)12(10-13)11-16(18)17-8-7-14-4-3-9-21-14/h3-6,9-10H,7-8,11H2,1-2H3,(H,17,18). The number of ether oxygens (including phenoxy) is 2. The minimum Gasteiger partial charge on any atom is -0.497 e. The van der Waals surface area contributed by atoms with Crippen molar-refractivity contribution in [1.29, 1.82) is 0 Å². The molecule has 2 rings (SSSR count). The molecule has 0 aliphatic heterocycles. The highest BCUT2D eigenvalue weighted by Crippen LogP contribution is 2.24. The highest BCUT2D eigenvalue weighted by atomic mass is 32.1. The molecule has 112 valence electrons. The molecule has 0 saturated carbocycles. The summed E-state index contributed by atoms with van der Waals surface area (Å²) in [5.41, 5.74) is 0.825. The first-order valence-electron chi connectivity index (χ1n) is 6.73. The normalized spacial score (nSPS) is 10.2. The molecule has 0 atom stereocenters. The van der Waals surface area contributed by atoms with Gasteiger partial charge in [-0.1, -0.05) is 6.07 Å². The molecule has 1 N–H and O–H groups in total. The summed E-state index contributed by atoms with van der Waals surface area (Å²) >= 11 is 1.70. The van der Waals surface area contributed by atoms with E-state index in [1.165, 1.54) is 4.88 Å². The van der Waals surface area contributed by atoms with Crippen molar-refractivity contribution in [2.24, 2.45) is 0 Å². The second kappa shape index (κ2) is 7.69. The lowest BCUT2D eigenvalue weighted by atomic mass is 10.1. The van der Waals surface area contributed by atoms with E-state index in [2.05, 4.69) is 11.4 Å². The van der Waals surface area contributed by atoms with E-state index in [-0.39, 0.29) is 12.3 Å². The molecule has 0 unspecified atom stereocenters. The Morgan fingerprint density at radius 3 is 2.76 bits per heavy atom. The van der Waals surface area contributed by atoms with Crippen LogP contribution in [-0.2, 0) is 17.6 Å². The first kappa shape index (κ1) is 15.4. The van der Waals surface area contributed by atoms with Gasteiger partial charge in [0.25, 0.3) is 0 Å². The van der Waals surface area contributed by atoms with Gasteiger partial charge in [-0.3, -0.25) is 4.79 Å². The molecule has 5 heteroatoms. The average molecular weight is 305 g/mol. The van der Waals surface area contributed by atoms with E-state index in [9.17, 15) is 4.79 Å². The van der Waals surface area contributed by atoms with Crippen LogP contribution in [0.5, 0.6) is 11.5 Å². The van der Waals surface area contributed by atoms with Gasteiger partial charge in [-0.15, -0.1) is 11.3 Å². The largest absolute Gasteiger partial charge is 0.497 e. The molecule has 1 heterocycles. The predicted molar refractivity (Wildman–Crippen MR) is 84.3 cm³/mol. The molecule has 0 radical (unpaired) electrons. The number of carbonyl (C=O) groups is 1. The Balaban J connectivity index is 1.89. The molecule has 2 aromatic rings. The number of hydrogen-bond acceptors (Lipinski definition) is 4. The number of rotatable bonds is 7. The first-order chi connectivity index (χ1) is 10.2. The molecular weight excluding hydrogens is 286 g/mol. The summed E-state index contributed by atoms with van der Waals surface area (Å²) in [4.78, 5) is 13.3. The van der Waals surface area contributed by atoms with E-state index < -0.39 is 0 Å². The lowest BCUT2D eigenvalue weighted by molar-refractivity contribution is -0.120. The van der Waals surface area contributed by atoms with Gasteiger partial charge in [-0.25, -0.2) is 0 Å². The summed E-state index contributed by atoms with van der Waals surface area (Å²) in [6.45, 7) is 0.644. The Hall–Kier alpha value is -2.01. The minimum absolute atomic E-state index is 0.0156. The monoisotopic (exact) mass is 305 g/mol. The summed E-state index contributed by atoms with van der Waals surface area (Å²) in [6.07, 6.45) is 1.14. The van der Waals surface area contributed by atoms with E-state index in [1.54, 1.807) is 25.6 Å². The number of thiophene rings is 1. The number of carbonyl (C=O) groups excluding carboxylic acids is 1. The van der Waals surface area contributed by atoms with Crippen molar-refractivity contribution in [3.8, 4) is 11.5 Å². The minimum atomic E-state index is -0.0156. The molecule has 0 aliphatic rings. The van der Waals surface area contributed by atoms with Gasteiger partial charge in [0.05, 0.1) is 20.6 Å². The number of hydrogen-bond donors (Lipinski definition) is 1. The van der Waals surface area contributed by atoms with Crippen molar-refractivity contribution in [3.05, 3.63) is 46.2 Å². The third-order valence-electron chi connectivity index (χ3n) is 3.11. The van der Waals surface area contributed by atoms with Crippen molar-refractivity contribution >= 4 is 17.2 Å². The van der Waals surface area contributed by atoms with Gasteiger partial charge in [-0.05, 0) is 36.1 Å². The van der Waals surface area contributed by atoms with Crippen LogP contribution in [0.4, 0.5) is 0 Å². The fraction of sp³-hybridized carbons (Fsp3) is 0.312. The average Bonchev–Trinajstić information content (AvgIpc) is 3.00. The van der Waals surface area contributed by atoms with Crippen molar-refractivity contribution in [2.45, 2.75) is 12.8 Å². The predicted octanol–water partition coefficient (Wildman–Crippen LogP) is 2.67. The first-order valence-corrected chi connectivity index (χ1v) is 7.61. The molecule has 0 fully saturated rings. The van der Waals surface area contributed by atoms with Gasteiger partial charge in [0.2, 0.25) is 5.91 Å². The molecule has 0 spiro atoms. The maximum Gasteiger partial charge on any atom is 0.224 e. The number of benzene rings is 1. The molecule has 0 aliphatic carbocycles. The second-order valence-electron chi connectivity index (χ2n) is 4.53. The third-order valence-corrected chi connectivity index (χ3v) is 4.05.